The number of rotatable bonds is 8. The number of halogens is 4. The van der Waals surface area contributed by atoms with Crippen molar-refractivity contribution in [1.29, 1.82) is 0 Å². The molecule has 38 heavy (non-hydrogen) atoms. The molecule has 1 N–H and O–H groups in total. The first-order valence-electron chi connectivity index (χ1n) is 12.1. The molecule has 0 aromatic heterocycles. The summed E-state index contributed by atoms with van der Waals surface area (Å²) in [4.78, 5) is 43.6. The highest BCUT2D eigenvalue weighted by atomic mass is 35.5. The van der Waals surface area contributed by atoms with Crippen molar-refractivity contribution in [3.05, 3.63) is 98.7 Å². The Kier molecular flexibility index (Phi) is 9.39. The van der Waals surface area contributed by atoms with Crippen molar-refractivity contribution in [2.24, 2.45) is 0 Å². The third kappa shape index (κ3) is 6.72. The second-order valence-corrected chi connectivity index (χ2v) is 10.1. The maximum atomic E-state index is 14.0. The lowest BCUT2D eigenvalue weighted by molar-refractivity contribution is -0.133. The Bertz CT molecular complexity index is 1310. The van der Waals surface area contributed by atoms with Gasteiger partial charge in [0.05, 0.1) is 0 Å². The van der Waals surface area contributed by atoms with Crippen molar-refractivity contribution in [3.63, 3.8) is 0 Å². The molecule has 1 unspecified atom stereocenters. The van der Waals surface area contributed by atoms with E-state index in [0.717, 1.165) is 6.07 Å². The lowest BCUT2D eigenvalue weighted by Crippen LogP contribution is -2.46. The summed E-state index contributed by atoms with van der Waals surface area (Å²) in [6, 6.07) is 15.1. The summed E-state index contributed by atoms with van der Waals surface area (Å²) >= 11 is 18.6. The minimum Gasteiger partial charge on any atom is -0.340 e. The van der Waals surface area contributed by atoms with Gasteiger partial charge in [0.25, 0.3) is 0 Å². The Morgan fingerprint density at radius 2 is 1.47 bits per heavy atom. The fourth-order valence-electron chi connectivity index (χ4n) is 4.34. The van der Waals surface area contributed by atoms with Crippen LogP contribution in [0, 0.1) is 5.82 Å². The summed E-state index contributed by atoms with van der Waals surface area (Å²) in [6.07, 6.45) is -0.170. The Morgan fingerprint density at radius 1 is 0.868 bits per heavy atom. The van der Waals surface area contributed by atoms with Crippen molar-refractivity contribution in [1.82, 2.24) is 10.2 Å². The Morgan fingerprint density at radius 3 is 2.08 bits per heavy atom. The van der Waals surface area contributed by atoms with Gasteiger partial charge in [0, 0.05) is 70.9 Å². The van der Waals surface area contributed by atoms with Crippen molar-refractivity contribution in [2.45, 2.75) is 18.9 Å². The molecule has 6 nitrogen and oxygen atoms in total. The molecule has 0 spiro atoms. The third-order valence-electron chi connectivity index (χ3n) is 6.29. The lowest BCUT2D eigenvalue weighted by Gasteiger charge is -2.33. The summed E-state index contributed by atoms with van der Waals surface area (Å²) in [6.45, 7) is 2.52. The Hall–Kier alpha value is -2.97. The van der Waals surface area contributed by atoms with Gasteiger partial charge in [0.2, 0.25) is 11.8 Å². The highest BCUT2D eigenvalue weighted by Crippen LogP contribution is 2.36. The average Bonchev–Trinajstić information content (AvgIpc) is 2.92. The summed E-state index contributed by atoms with van der Waals surface area (Å²) in [5, 5.41) is 4.05. The SMILES string of the molecule is O=C(c1ccc(Cl)cc1)C(c1ccc(F)cc1Cl)N(C(=O)CCC(=O)N1CCNCC1)c1ccc(Cl)cc1. The Labute approximate surface area is 235 Å². The number of benzene rings is 3. The quantitative estimate of drug-likeness (QED) is 0.336. The van der Waals surface area contributed by atoms with Crippen LogP contribution in [0.2, 0.25) is 15.1 Å². The minimum atomic E-state index is -1.24. The number of nitrogens with zero attached hydrogens (tertiary/aromatic N) is 2. The number of carbonyl (C=O) groups is 3. The number of nitrogens with one attached hydrogen (secondary N) is 1. The fraction of sp³-hybridized carbons (Fsp3) is 0.250. The number of anilines is 1. The number of piperazine rings is 1. The van der Waals surface area contributed by atoms with Gasteiger partial charge in [-0.25, -0.2) is 4.39 Å². The van der Waals surface area contributed by atoms with Gasteiger partial charge < -0.3 is 10.2 Å². The van der Waals surface area contributed by atoms with E-state index >= 15 is 0 Å². The molecule has 1 heterocycles. The number of Topliss-reactive ketones (excluding diaryl/α,β-unsaturated/α-hetero) is 1. The summed E-state index contributed by atoms with van der Waals surface area (Å²) < 4.78 is 14.0. The molecule has 1 aliphatic heterocycles. The zero-order valence-corrected chi connectivity index (χ0v) is 22.6. The predicted molar refractivity (Wildman–Crippen MR) is 148 cm³/mol. The topological polar surface area (TPSA) is 69.7 Å². The average molecular weight is 577 g/mol. The highest BCUT2D eigenvalue weighted by molar-refractivity contribution is 6.32. The van der Waals surface area contributed by atoms with Crippen LogP contribution in [0.5, 0.6) is 0 Å². The van der Waals surface area contributed by atoms with Gasteiger partial charge >= 0.3 is 0 Å². The van der Waals surface area contributed by atoms with E-state index in [9.17, 15) is 18.8 Å². The van der Waals surface area contributed by atoms with Gasteiger partial charge in [0.15, 0.2) is 5.78 Å². The molecule has 0 aliphatic carbocycles. The molecular formula is C28H25Cl3FN3O3. The van der Waals surface area contributed by atoms with Gasteiger partial charge in [-0.05, 0) is 60.7 Å². The van der Waals surface area contributed by atoms with Crippen LogP contribution in [-0.2, 0) is 9.59 Å². The molecule has 4 rings (SSSR count). The van der Waals surface area contributed by atoms with Crippen LogP contribution in [-0.4, -0.2) is 48.7 Å². The molecule has 198 valence electrons. The second kappa shape index (κ2) is 12.7. The van der Waals surface area contributed by atoms with E-state index in [2.05, 4.69) is 5.32 Å². The molecule has 0 radical (unpaired) electrons. The summed E-state index contributed by atoms with van der Waals surface area (Å²) in [7, 11) is 0. The summed E-state index contributed by atoms with van der Waals surface area (Å²) in [5.41, 5.74) is 0.898. The van der Waals surface area contributed by atoms with E-state index in [1.165, 1.54) is 17.0 Å². The zero-order chi connectivity index (χ0) is 27.2. The number of hydrogen-bond acceptors (Lipinski definition) is 4. The molecule has 0 bridgehead atoms. The number of amides is 2. The van der Waals surface area contributed by atoms with Gasteiger partial charge in [-0.1, -0.05) is 40.9 Å². The van der Waals surface area contributed by atoms with Crippen LogP contribution < -0.4 is 10.2 Å². The predicted octanol–water partition coefficient (Wildman–Crippen LogP) is 5.96. The van der Waals surface area contributed by atoms with E-state index in [1.807, 2.05) is 0 Å². The molecule has 1 saturated heterocycles. The van der Waals surface area contributed by atoms with Gasteiger partial charge in [-0.15, -0.1) is 0 Å². The largest absolute Gasteiger partial charge is 0.340 e. The standard InChI is InChI=1S/C28H25Cl3FN3O3/c29-19-3-1-18(2-4-19)28(38)27(23-10-7-21(32)17-24(23)31)35(22-8-5-20(30)6-9-22)26(37)12-11-25(36)34-15-13-33-14-16-34/h1-10,17,27,33H,11-16H2. The third-order valence-corrected chi connectivity index (χ3v) is 7.12. The fourth-order valence-corrected chi connectivity index (χ4v) is 4.86. The first-order chi connectivity index (χ1) is 18.2. The monoisotopic (exact) mass is 575 g/mol. The maximum absolute atomic E-state index is 14.0. The molecule has 1 fully saturated rings. The lowest BCUT2D eigenvalue weighted by atomic mass is 9.94. The molecule has 1 atom stereocenters. The molecule has 10 heteroatoms. The van der Waals surface area contributed by atoms with Crippen LogP contribution in [0.15, 0.2) is 66.7 Å². The smallest absolute Gasteiger partial charge is 0.228 e. The minimum absolute atomic E-state index is 0.0130. The highest BCUT2D eigenvalue weighted by Gasteiger charge is 2.35. The van der Waals surface area contributed by atoms with Gasteiger partial charge in [-0.3, -0.25) is 19.3 Å². The van der Waals surface area contributed by atoms with Crippen molar-refractivity contribution in [3.8, 4) is 0 Å². The number of hydrogen-bond donors (Lipinski definition) is 1. The molecular weight excluding hydrogens is 552 g/mol. The van der Waals surface area contributed by atoms with Gasteiger partial charge in [0.1, 0.15) is 11.9 Å². The van der Waals surface area contributed by atoms with E-state index in [0.29, 0.717) is 41.9 Å². The maximum Gasteiger partial charge on any atom is 0.228 e. The van der Waals surface area contributed by atoms with Gasteiger partial charge in [-0.2, -0.15) is 0 Å². The molecule has 2 amide bonds. The van der Waals surface area contributed by atoms with Crippen molar-refractivity contribution >= 4 is 58.1 Å². The van der Waals surface area contributed by atoms with Crippen LogP contribution in [0.25, 0.3) is 0 Å². The number of ketones is 1. The van der Waals surface area contributed by atoms with Crippen molar-refractivity contribution in [2.75, 3.05) is 31.1 Å². The van der Waals surface area contributed by atoms with E-state index in [4.69, 9.17) is 34.8 Å². The van der Waals surface area contributed by atoms with E-state index in [1.54, 1.807) is 53.4 Å². The molecule has 0 saturated carbocycles. The van der Waals surface area contributed by atoms with Crippen LogP contribution >= 0.6 is 34.8 Å². The first-order valence-corrected chi connectivity index (χ1v) is 13.2. The molecule has 3 aromatic carbocycles. The molecule has 3 aromatic rings. The first kappa shape index (κ1) is 28.0. The Balaban J connectivity index is 1.75. The van der Waals surface area contributed by atoms with Crippen LogP contribution in [0.4, 0.5) is 10.1 Å². The van der Waals surface area contributed by atoms with Crippen LogP contribution in [0.3, 0.4) is 0 Å². The molecule has 1 aliphatic rings. The van der Waals surface area contributed by atoms with Crippen LogP contribution in [0.1, 0.15) is 34.8 Å². The van der Waals surface area contributed by atoms with E-state index < -0.39 is 23.5 Å². The van der Waals surface area contributed by atoms with Crippen molar-refractivity contribution < 1.29 is 18.8 Å². The summed E-state index contributed by atoms with van der Waals surface area (Å²) in [5.74, 6) is -1.64. The van der Waals surface area contributed by atoms with E-state index in [-0.39, 0.29) is 34.9 Å². The second-order valence-electron chi connectivity index (χ2n) is 8.81. The number of carbonyl (C=O) groups excluding carboxylic acids is 3. The normalized spacial score (nSPS) is 14.2. The zero-order valence-electron chi connectivity index (χ0n) is 20.3.